The molecule has 4 nitrogen and oxygen atoms in total. The molecule has 3 aromatic carbocycles. The van der Waals surface area contributed by atoms with Gasteiger partial charge in [0.2, 0.25) is 0 Å². The van der Waals surface area contributed by atoms with E-state index in [0.29, 0.717) is 0 Å². The highest BCUT2D eigenvalue weighted by Gasteiger charge is 2.24. The molecule has 0 spiro atoms. The van der Waals surface area contributed by atoms with E-state index in [1.807, 2.05) is 50.5 Å². The van der Waals surface area contributed by atoms with E-state index in [9.17, 15) is 10.1 Å². The Morgan fingerprint density at radius 3 is 2.21 bits per heavy atom. The molecule has 0 heterocycles. The molecule has 0 amide bonds. The number of non-ortho nitro benzene ring substituents is 1. The number of benzene rings is 3. The molecular formula is C24H20N2O2. The molecule has 1 aliphatic carbocycles. The highest BCUT2D eigenvalue weighted by atomic mass is 16.6. The lowest BCUT2D eigenvalue weighted by Gasteiger charge is -2.11. The molecule has 0 aromatic heterocycles. The molecule has 0 fully saturated rings. The standard InChI is InChI=1S/C24H20N2O2/c1-25(2)18-12-10-17(11-13-18)6-5-9-22-20-7-3-4-8-21(20)23-15-14-19(26(27)28)16-24(22)23/h3-16H,1-2H3/b6-5-,22-9+. The van der Waals surface area contributed by atoms with Crippen molar-refractivity contribution in [1.82, 2.24) is 0 Å². The second kappa shape index (κ2) is 7.16. The number of hydrogen-bond acceptors (Lipinski definition) is 3. The molecular weight excluding hydrogens is 348 g/mol. The van der Waals surface area contributed by atoms with Gasteiger partial charge in [-0.1, -0.05) is 54.6 Å². The van der Waals surface area contributed by atoms with Gasteiger partial charge in [0.15, 0.2) is 0 Å². The first kappa shape index (κ1) is 17.7. The van der Waals surface area contributed by atoms with Crippen molar-refractivity contribution >= 4 is 23.0 Å². The second-order valence-electron chi connectivity index (χ2n) is 6.96. The van der Waals surface area contributed by atoms with Crippen LogP contribution in [0.15, 0.2) is 78.9 Å². The molecule has 0 bridgehead atoms. The summed E-state index contributed by atoms with van der Waals surface area (Å²) in [6.45, 7) is 0. The number of fused-ring (bicyclic) bond motifs is 3. The molecule has 0 atom stereocenters. The number of rotatable bonds is 4. The topological polar surface area (TPSA) is 46.4 Å². The number of nitro benzene ring substituents is 1. The Morgan fingerprint density at radius 2 is 1.54 bits per heavy atom. The van der Waals surface area contributed by atoms with Crippen molar-refractivity contribution in [2.45, 2.75) is 0 Å². The minimum Gasteiger partial charge on any atom is -0.378 e. The number of nitro groups is 1. The van der Waals surface area contributed by atoms with Gasteiger partial charge >= 0.3 is 0 Å². The number of nitrogens with zero attached hydrogens (tertiary/aromatic N) is 2. The summed E-state index contributed by atoms with van der Waals surface area (Å²) in [5.41, 5.74) is 7.54. The summed E-state index contributed by atoms with van der Waals surface area (Å²) in [7, 11) is 4.03. The maximum atomic E-state index is 11.2. The molecule has 1 aliphatic rings. The molecule has 0 radical (unpaired) electrons. The zero-order valence-corrected chi connectivity index (χ0v) is 15.8. The van der Waals surface area contributed by atoms with Gasteiger partial charge in [-0.05, 0) is 51.6 Å². The summed E-state index contributed by atoms with van der Waals surface area (Å²) >= 11 is 0. The molecule has 0 saturated heterocycles. The molecule has 0 unspecified atom stereocenters. The predicted molar refractivity (Wildman–Crippen MR) is 115 cm³/mol. The first-order valence-corrected chi connectivity index (χ1v) is 9.09. The first-order valence-electron chi connectivity index (χ1n) is 9.09. The van der Waals surface area contributed by atoms with Crippen molar-refractivity contribution in [3.8, 4) is 11.1 Å². The minimum absolute atomic E-state index is 0.112. The van der Waals surface area contributed by atoms with Gasteiger partial charge in [0, 0.05) is 31.9 Å². The van der Waals surface area contributed by atoms with Gasteiger partial charge in [0.1, 0.15) is 0 Å². The van der Waals surface area contributed by atoms with Crippen LogP contribution in [0.2, 0.25) is 0 Å². The molecule has 3 aromatic rings. The number of hydrogen-bond donors (Lipinski definition) is 0. The zero-order valence-electron chi connectivity index (χ0n) is 15.8. The molecule has 0 saturated carbocycles. The van der Waals surface area contributed by atoms with Crippen LogP contribution in [-0.2, 0) is 0 Å². The lowest BCUT2D eigenvalue weighted by molar-refractivity contribution is -0.384. The summed E-state index contributed by atoms with van der Waals surface area (Å²) in [6, 6.07) is 21.5. The van der Waals surface area contributed by atoms with Gasteiger partial charge in [-0.2, -0.15) is 0 Å². The molecule has 4 rings (SSSR count). The third-order valence-corrected chi connectivity index (χ3v) is 4.97. The Morgan fingerprint density at radius 1 is 0.857 bits per heavy atom. The average molecular weight is 368 g/mol. The Bertz CT molecular complexity index is 1110. The van der Waals surface area contributed by atoms with Gasteiger partial charge in [-0.3, -0.25) is 10.1 Å². The largest absolute Gasteiger partial charge is 0.378 e. The van der Waals surface area contributed by atoms with Crippen molar-refractivity contribution in [1.29, 1.82) is 0 Å². The summed E-state index contributed by atoms with van der Waals surface area (Å²) < 4.78 is 0. The normalized spacial score (nSPS) is 13.6. The lowest BCUT2D eigenvalue weighted by atomic mass is 10.0. The van der Waals surface area contributed by atoms with Crippen LogP contribution in [0.25, 0.3) is 22.8 Å². The smallest absolute Gasteiger partial charge is 0.270 e. The van der Waals surface area contributed by atoms with E-state index in [1.54, 1.807) is 12.1 Å². The first-order chi connectivity index (χ1) is 13.5. The van der Waals surface area contributed by atoms with Gasteiger partial charge in [0.25, 0.3) is 5.69 Å². The fraction of sp³-hybridized carbons (Fsp3) is 0.0833. The Balaban J connectivity index is 1.72. The number of allylic oxidation sites excluding steroid dienone is 2. The molecule has 0 N–H and O–H groups in total. The van der Waals surface area contributed by atoms with E-state index in [2.05, 4.69) is 41.3 Å². The van der Waals surface area contributed by atoms with Crippen LogP contribution in [0.4, 0.5) is 11.4 Å². The van der Waals surface area contributed by atoms with Crippen molar-refractivity contribution < 1.29 is 4.92 Å². The van der Waals surface area contributed by atoms with E-state index in [4.69, 9.17) is 0 Å². The van der Waals surface area contributed by atoms with Crippen molar-refractivity contribution in [3.05, 3.63) is 106 Å². The van der Waals surface area contributed by atoms with Gasteiger partial charge in [-0.15, -0.1) is 0 Å². The Kier molecular flexibility index (Phi) is 4.53. The van der Waals surface area contributed by atoms with E-state index in [0.717, 1.165) is 39.1 Å². The van der Waals surface area contributed by atoms with Crippen LogP contribution in [0, 0.1) is 10.1 Å². The molecule has 4 heteroatoms. The van der Waals surface area contributed by atoms with Crippen molar-refractivity contribution in [2.24, 2.45) is 0 Å². The lowest BCUT2D eigenvalue weighted by Crippen LogP contribution is -2.07. The van der Waals surface area contributed by atoms with Crippen molar-refractivity contribution in [3.63, 3.8) is 0 Å². The quantitative estimate of drug-likeness (QED) is 0.338. The summed E-state index contributed by atoms with van der Waals surface area (Å²) in [6.07, 6.45) is 6.09. The van der Waals surface area contributed by atoms with E-state index in [1.165, 1.54) is 0 Å². The summed E-state index contributed by atoms with van der Waals surface area (Å²) in [5.74, 6) is 0. The third-order valence-electron chi connectivity index (χ3n) is 4.97. The molecule has 138 valence electrons. The fourth-order valence-corrected chi connectivity index (χ4v) is 3.52. The van der Waals surface area contributed by atoms with E-state index in [-0.39, 0.29) is 10.6 Å². The number of anilines is 1. The Hall–Kier alpha value is -3.66. The average Bonchev–Trinajstić information content (AvgIpc) is 3.02. The SMILES string of the molecule is CN(C)c1ccc(/C=C\C=C2/c3ccccc3-c3ccc([N+](=O)[O-])cc32)cc1. The van der Waals surface area contributed by atoms with Gasteiger partial charge in [0.05, 0.1) is 4.92 Å². The predicted octanol–water partition coefficient (Wildman–Crippen LogP) is 5.79. The Labute approximate surface area is 164 Å². The van der Waals surface area contributed by atoms with Crippen LogP contribution in [0.5, 0.6) is 0 Å². The monoisotopic (exact) mass is 368 g/mol. The maximum absolute atomic E-state index is 11.2. The van der Waals surface area contributed by atoms with Crippen LogP contribution in [0.1, 0.15) is 16.7 Å². The van der Waals surface area contributed by atoms with Gasteiger partial charge < -0.3 is 4.90 Å². The van der Waals surface area contributed by atoms with E-state index < -0.39 is 0 Å². The van der Waals surface area contributed by atoms with Crippen LogP contribution in [-0.4, -0.2) is 19.0 Å². The zero-order chi connectivity index (χ0) is 19.7. The van der Waals surface area contributed by atoms with Crippen molar-refractivity contribution in [2.75, 3.05) is 19.0 Å². The highest BCUT2D eigenvalue weighted by Crippen LogP contribution is 2.45. The van der Waals surface area contributed by atoms with Gasteiger partial charge in [-0.25, -0.2) is 0 Å². The third kappa shape index (κ3) is 3.21. The van der Waals surface area contributed by atoms with Crippen LogP contribution >= 0.6 is 0 Å². The second-order valence-corrected chi connectivity index (χ2v) is 6.96. The van der Waals surface area contributed by atoms with Crippen LogP contribution in [0.3, 0.4) is 0 Å². The molecule has 28 heavy (non-hydrogen) atoms. The summed E-state index contributed by atoms with van der Waals surface area (Å²) in [5, 5.41) is 11.2. The summed E-state index contributed by atoms with van der Waals surface area (Å²) in [4.78, 5) is 12.9. The fourth-order valence-electron chi connectivity index (χ4n) is 3.52. The molecule has 0 aliphatic heterocycles. The highest BCUT2D eigenvalue weighted by molar-refractivity contribution is 6.02. The van der Waals surface area contributed by atoms with E-state index >= 15 is 0 Å². The minimum atomic E-state index is -0.344. The van der Waals surface area contributed by atoms with Crippen LogP contribution < -0.4 is 4.90 Å². The maximum Gasteiger partial charge on any atom is 0.270 e.